The van der Waals surface area contributed by atoms with Crippen LogP contribution >= 0.6 is 0 Å². The van der Waals surface area contributed by atoms with E-state index < -0.39 is 11.6 Å². The summed E-state index contributed by atoms with van der Waals surface area (Å²) in [6.45, 7) is 2.01. The molecule has 1 nitrogen and oxygen atoms in total. The highest BCUT2D eigenvalue weighted by Crippen LogP contribution is 2.49. The Morgan fingerprint density at radius 1 is 1.00 bits per heavy atom. The maximum Gasteiger partial charge on any atom is 0.139 e. The lowest BCUT2D eigenvalue weighted by molar-refractivity contribution is -0.136. The van der Waals surface area contributed by atoms with Gasteiger partial charge in [-0.1, -0.05) is 39.0 Å². The van der Waals surface area contributed by atoms with Gasteiger partial charge < -0.3 is 0 Å². The summed E-state index contributed by atoms with van der Waals surface area (Å²) < 4.78 is 29.1. The highest BCUT2D eigenvalue weighted by molar-refractivity contribution is 5.85. The predicted octanol–water partition coefficient (Wildman–Crippen LogP) is 6.56. The summed E-state index contributed by atoms with van der Waals surface area (Å²) >= 11 is 0. The van der Waals surface area contributed by atoms with Crippen molar-refractivity contribution >= 4 is 5.78 Å². The highest BCUT2D eigenvalue weighted by Gasteiger charge is 2.45. The minimum atomic E-state index is -0.435. The minimum Gasteiger partial charge on any atom is -0.299 e. The van der Waals surface area contributed by atoms with Gasteiger partial charge in [-0.3, -0.25) is 4.79 Å². The summed E-state index contributed by atoms with van der Waals surface area (Å²) in [7, 11) is 0. The number of aryl methyl sites for hydroxylation is 1. The SMILES string of the molecule is CCCc1cc(F)c(CCC2(C3CCCCC3)CCCCC2=O)c(F)c1. The lowest BCUT2D eigenvalue weighted by Gasteiger charge is -2.44. The number of hydrogen-bond acceptors (Lipinski definition) is 1. The second-order valence-electron chi connectivity index (χ2n) is 8.41. The predicted molar refractivity (Wildman–Crippen MR) is 101 cm³/mol. The maximum absolute atomic E-state index is 14.5. The van der Waals surface area contributed by atoms with Crippen molar-refractivity contribution in [3.63, 3.8) is 0 Å². The molecule has 0 amide bonds. The third-order valence-corrected chi connectivity index (χ3v) is 6.78. The smallest absolute Gasteiger partial charge is 0.139 e. The lowest BCUT2D eigenvalue weighted by Crippen LogP contribution is -2.42. The third-order valence-electron chi connectivity index (χ3n) is 6.78. The summed E-state index contributed by atoms with van der Waals surface area (Å²) in [4.78, 5) is 13.0. The lowest BCUT2D eigenvalue weighted by atomic mass is 9.59. The molecule has 2 aliphatic rings. The van der Waals surface area contributed by atoms with E-state index in [1.807, 2.05) is 6.92 Å². The Morgan fingerprint density at radius 3 is 2.31 bits per heavy atom. The van der Waals surface area contributed by atoms with Crippen molar-refractivity contribution in [2.24, 2.45) is 11.3 Å². The first-order chi connectivity index (χ1) is 12.6. The Kier molecular flexibility index (Phi) is 6.47. The van der Waals surface area contributed by atoms with Crippen LogP contribution in [0.5, 0.6) is 0 Å². The summed E-state index contributed by atoms with van der Waals surface area (Å²) in [5.74, 6) is -0.0976. The number of halogens is 2. The molecule has 3 rings (SSSR count). The van der Waals surface area contributed by atoms with Crippen LogP contribution in [0.4, 0.5) is 8.78 Å². The summed E-state index contributed by atoms with van der Waals surface area (Å²) in [6.07, 6.45) is 12.0. The van der Waals surface area contributed by atoms with Crippen LogP contribution in [0.15, 0.2) is 12.1 Å². The molecule has 3 heteroatoms. The van der Waals surface area contributed by atoms with Crippen LogP contribution in [0, 0.1) is 23.0 Å². The molecule has 0 N–H and O–H groups in total. The molecule has 1 unspecified atom stereocenters. The number of carbonyl (C=O) groups excluding carboxylic acids is 1. The number of hydrogen-bond donors (Lipinski definition) is 0. The van der Waals surface area contributed by atoms with Crippen molar-refractivity contribution in [1.82, 2.24) is 0 Å². The average molecular weight is 363 g/mol. The van der Waals surface area contributed by atoms with E-state index in [9.17, 15) is 13.6 Å². The van der Waals surface area contributed by atoms with Crippen molar-refractivity contribution < 1.29 is 13.6 Å². The number of ketones is 1. The van der Waals surface area contributed by atoms with Crippen molar-refractivity contribution in [3.8, 4) is 0 Å². The minimum absolute atomic E-state index is 0.179. The van der Waals surface area contributed by atoms with Crippen molar-refractivity contribution in [3.05, 3.63) is 34.9 Å². The average Bonchev–Trinajstić information content (AvgIpc) is 2.63. The molecule has 2 fully saturated rings. The zero-order valence-corrected chi connectivity index (χ0v) is 16.1. The fourth-order valence-electron chi connectivity index (χ4n) is 5.35. The first-order valence-corrected chi connectivity index (χ1v) is 10.6. The normalized spacial score (nSPS) is 24.8. The van der Waals surface area contributed by atoms with Gasteiger partial charge in [-0.05, 0) is 68.6 Å². The molecule has 0 bridgehead atoms. The topological polar surface area (TPSA) is 17.1 Å². The molecule has 26 heavy (non-hydrogen) atoms. The Balaban J connectivity index is 1.81. The van der Waals surface area contributed by atoms with E-state index in [4.69, 9.17) is 0 Å². The van der Waals surface area contributed by atoms with E-state index in [0.29, 0.717) is 37.4 Å². The fourth-order valence-corrected chi connectivity index (χ4v) is 5.35. The van der Waals surface area contributed by atoms with Crippen LogP contribution in [0.25, 0.3) is 0 Å². The Hall–Kier alpha value is -1.25. The quantitative estimate of drug-likeness (QED) is 0.560. The maximum atomic E-state index is 14.5. The number of Topliss-reactive ketones (excluding diaryl/α,β-unsaturated/α-hetero) is 1. The monoisotopic (exact) mass is 362 g/mol. The molecule has 2 saturated carbocycles. The van der Waals surface area contributed by atoms with Gasteiger partial charge in [0.05, 0.1) is 0 Å². The van der Waals surface area contributed by atoms with Crippen LogP contribution < -0.4 is 0 Å². The van der Waals surface area contributed by atoms with Gasteiger partial charge in [0, 0.05) is 17.4 Å². The fraction of sp³-hybridized carbons (Fsp3) is 0.696. The molecule has 1 atom stereocenters. The van der Waals surface area contributed by atoms with Gasteiger partial charge in [0.1, 0.15) is 17.4 Å². The number of rotatable bonds is 6. The zero-order chi connectivity index (χ0) is 18.6. The third kappa shape index (κ3) is 4.02. The first kappa shape index (κ1) is 19.5. The Bertz CT molecular complexity index is 610. The highest BCUT2D eigenvalue weighted by atomic mass is 19.1. The summed E-state index contributed by atoms with van der Waals surface area (Å²) in [5, 5.41) is 0. The van der Waals surface area contributed by atoms with Gasteiger partial charge in [-0.25, -0.2) is 8.78 Å². The second-order valence-corrected chi connectivity index (χ2v) is 8.41. The van der Waals surface area contributed by atoms with Crippen LogP contribution in [0.1, 0.15) is 88.7 Å². The molecule has 1 aromatic rings. The van der Waals surface area contributed by atoms with Crippen LogP contribution in [-0.4, -0.2) is 5.78 Å². The molecule has 0 radical (unpaired) electrons. The molecule has 1 aromatic carbocycles. The van der Waals surface area contributed by atoms with E-state index in [0.717, 1.165) is 44.1 Å². The molecule has 0 saturated heterocycles. The second kappa shape index (κ2) is 8.63. The standard InChI is InChI=1S/C23H32F2O/c1-2-8-17-15-20(24)19(21(25)16-17)12-14-23(13-7-6-11-22(23)26)18-9-4-3-5-10-18/h15-16,18H,2-14H2,1H3. The molecule has 0 aromatic heterocycles. The molecule has 0 heterocycles. The molecular formula is C23H32F2O. The number of carbonyl (C=O) groups is 1. The number of benzene rings is 1. The van der Waals surface area contributed by atoms with Gasteiger partial charge >= 0.3 is 0 Å². The largest absolute Gasteiger partial charge is 0.299 e. The van der Waals surface area contributed by atoms with E-state index in [1.54, 1.807) is 0 Å². The van der Waals surface area contributed by atoms with Crippen molar-refractivity contribution in [2.45, 2.75) is 90.4 Å². The zero-order valence-electron chi connectivity index (χ0n) is 16.1. The van der Waals surface area contributed by atoms with Gasteiger partial charge in [-0.2, -0.15) is 0 Å². The van der Waals surface area contributed by atoms with E-state index >= 15 is 0 Å². The van der Waals surface area contributed by atoms with Crippen molar-refractivity contribution in [1.29, 1.82) is 0 Å². The summed E-state index contributed by atoms with van der Waals surface area (Å²) in [6, 6.07) is 2.97. The molecule has 144 valence electrons. The van der Waals surface area contributed by atoms with Crippen LogP contribution in [0.2, 0.25) is 0 Å². The summed E-state index contributed by atoms with van der Waals surface area (Å²) in [5.41, 5.74) is 0.569. The van der Waals surface area contributed by atoms with E-state index in [1.165, 1.54) is 31.4 Å². The molecule has 2 aliphatic carbocycles. The first-order valence-electron chi connectivity index (χ1n) is 10.6. The van der Waals surface area contributed by atoms with Crippen LogP contribution in [-0.2, 0) is 17.6 Å². The van der Waals surface area contributed by atoms with Crippen LogP contribution in [0.3, 0.4) is 0 Å². The van der Waals surface area contributed by atoms with Gasteiger partial charge in [-0.15, -0.1) is 0 Å². The Labute approximate surface area is 156 Å². The Morgan fingerprint density at radius 2 is 1.69 bits per heavy atom. The van der Waals surface area contributed by atoms with Gasteiger partial charge in [0.2, 0.25) is 0 Å². The van der Waals surface area contributed by atoms with Crippen molar-refractivity contribution in [2.75, 3.05) is 0 Å². The van der Waals surface area contributed by atoms with Gasteiger partial charge in [0.25, 0.3) is 0 Å². The molecular weight excluding hydrogens is 330 g/mol. The van der Waals surface area contributed by atoms with E-state index in [2.05, 4.69) is 0 Å². The molecule has 0 spiro atoms. The van der Waals surface area contributed by atoms with Gasteiger partial charge in [0.15, 0.2) is 0 Å². The molecule has 0 aliphatic heterocycles. The van der Waals surface area contributed by atoms with E-state index in [-0.39, 0.29) is 11.0 Å².